The highest BCUT2D eigenvalue weighted by Crippen LogP contribution is 2.33. The predicted octanol–water partition coefficient (Wildman–Crippen LogP) is 1.08. The van der Waals surface area contributed by atoms with Gasteiger partial charge < -0.3 is 9.90 Å². The van der Waals surface area contributed by atoms with Gasteiger partial charge >= 0.3 is 0 Å². The van der Waals surface area contributed by atoms with E-state index < -0.39 is 5.97 Å². The van der Waals surface area contributed by atoms with Crippen molar-refractivity contribution in [3.63, 3.8) is 0 Å². The predicted molar refractivity (Wildman–Crippen MR) is 57.2 cm³/mol. The van der Waals surface area contributed by atoms with Crippen LogP contribution >= 0.6 is 0 Å². The molecule has 1 aromatic rings. The maximum absolute atomic E-state index is 12.8. The molecule has 0 atom stereocenters. The van der Waals surface area contributed by atoms with Crippen molar-refractivity contribution in [1.82, 2.24) is 0 Å². The van der Waals surface area contributed by atoms with Crippen LogP contribution in [-0.2, 0) is 9.59 Å². The first kappa shape index (κ1) is 11.5. The fraction of sp³-hybridized carbons (Fsp3) is 0.231. The second kappa shape index (κ2) is 4.49. The average Bonchev–Trinajstić information content (AvgIpc) is 2.61. The molecule has 4 heteroatoms. The topological polar surface area (TPSA) is 57.2 Å². The van der Waals surface area contributed by atoms with E-state index in [0.717, 1.165) is 0 Å². The summed E-state index contributed by atoms with van der Waals surface area (Å²) in [4.78, 5) is 22.1. The molecule has 1 aliphatic carbocycles. The Morgan fingerprint density at radius 1 is 1.24 bits per heavy atom. The number of hydrogen-bond donors (Lipinski definition) is 0. The number of carboxylic acid groups (broad SMARTS) is 1. The largest absolute Gasteiger partial charge is 0.550 e. The van der Waals surface area contributed by atoms with E-state index in [1.54, 1.807) is 12.1 Å². The Balaban J connectivity index is 2.40. The summed E-state index contributed by atoms with van der Waals surface area (Å²) in [7, 11) is 0. The molecule has 0 bridgehead atoms. The highest BCUT2D eigenvalue weighted by molar-refractivity contribution is 6.09. The summed E-state index contributed by atoms with van der Waals surface area (Å²) in [6.45, 7) is 0. The summed E-state index contributed by atoms with van der Waals surface area (Å²) in [6.07, 6.45) is 0.452. The molecular formula is C13H10FO3-. The van der Waals surface area contributed by atoms with Gasteiger partial charge in [-0.3, -0.25) is 4.79 Å². The molecule has 88 valence electrons. The normalized spacial score (nSPS) is 15.5. The van der Waals surface area contributed by atoms with Crippen molar-refractivity contribution in [3.8, 4) is 0 Å². The minimum absolute atomic E-state index is 0.159. The third kappa shape index (κ3) is 2.41. The number of carbonyl (C=O) groups is 2. The van der Waals surface area contributed by atoms with E-state index in [1.165, 1.54) is 12.1 Å². The fourth-order valence-electron chi connectivity index (χ4n) is 2.03. The third-order valence-electron chi connectivity index (χ3n) is 2.82. The minimum Gasteiger partial charge on any atom is -0.550 e. The molecule has 0 radical (unpaired) electrons. The molecule has 1 aliphatic rings. The Morgan fingerprint density at radius 3 is 2.47 bits per heavy atom. The van der Waals surface area contributed by atoms with Crippen molar-refractivity contribution >= 4 is 17.3 Å². The van der Waals surface area contributed by atoms with Crippen LogP contribution in [0.3, 0.4) is 0 Å². The summed E-state index contributed by atoms with van der Waals surface area (Å²) in [5, 5.41) is 10.6. The smallest absolute Gasteiger partial charge is 0.159 e. The summed E-state index contributed by atoms with van der Waals surface area (Å²) >= 11 is 0. The highest BCUT2D eigenvalue weighted by atomic mass is 19.1. The maximum atomic E-state index is 12.8. The van der Waals surface area contributed by atoms with Crippen molar-refractivity contribution < 1.29 is 19.1 Å². The molecule has 3 nitrogen and oxygen atoms in total. The molecule has 0 spiro atoms. The Hall–Kier alpha value is -1.97. The number of halogens is 1. The maximum Gasteiger partial charge on any atom is 0.159 e. The van der Waals surface area contributed by atoms with Crippen LogP contribution in [0.15, 0.2) is 29.8 Å². The number of benzene rings is 1. The lowest BCUT2D eigenvalue weighted by Crippen LogP contribution is -2.23. The van der Waals surface area contributed by atoms with Crippen molar-refractivity contribution in [3.05, 3.63) is 41.2 Å². The van der Waals surface area contributed by atoms with Crippen LogP contribution in [0.1, 0.15) is 24.8 Å². The third-order valence-corrected chi connectivity index (χ3v) is 2.82. The van der Waals surface area contributed by atoms with Crippen LogP contribution in [-0.4, -0.2) is 11.8 Å². The first-order chi connectivity index (χ1) is 8.08. The van der Waals surface area contributed by atoms with E-state index in [9.17, 15) is 19.1 Å². The Labute approximate surface area is 97.6 Å². The van der Waals surface area contributed by atoms with Crippen molar-refractivity contribution in [2.24, 2.45) is 0 Å². The number of carboxylic acids is 1. The van der Waals surface area contributed by atoms with Gasteiger partial charge in [0.2, 0.25) is 0 Å². The number of allylic oxidation sites excluding steroid dienone is 1. The lowest BCUT2D eigenvalue weighted by Gasteiger charge is -2.07. The van der Waals surface area contributed by atoms with E-state index in [0.29, 0.717) is 24.0 Å². The zero-order chi connectivity index (χ0) is 12.4. The number of rotatable bonds is 3. The standard InChI is InChI=1S/C13H11FO3/c14-9-3-1-8(2-4-9)10-5-6-12(15)11(10)7-13(16)17/h1-4H,5-7H2,(H,16,17)/p-1. The van der Waals surface area contributed by atoms with Gasteiger partial charge in [0.25, 0.3) is 0 Å². The van der Waals surface area contributed by atoms with Crippen LogP contribution in [0.2, 0.25) is 0 Å². The van der Waals surface area contributed by atoms with Crippen LogP contribution < -0.4 is 5.11 Å². The summed E-state index contributed by atoms with van der Waals surface area (Å²) in [6, 6.07) is 5.70. The lowest BCUT2D eigenvalue weighted by molar-refractivity contribution is -0.304. The molecule has 1 aromatic carbocycles. The van der Waals surface area contributed by atoms with E-state index in [1.807, 2.05) is 0 Å². The SMILES string of the molecule is O=C([O-])CC1=C(c2ccc(F)cc2)CCC1=O. The highest BCUT2D eigenvalue weighted by Gasteiger charge is 2.23. The first-order valence-corrected chi connectivity index (χ1v) is 5.29. The Bertz CT molecular complexity index is 500. The molecular weight excluding hydrogens is 223 g/mol. The molecule has 0 saturated heterocycles. The van der Waals surface area contributed by atoms with E-state index >= 15 is 0 Å². The van der Waals surface area contributed by atoms with Gasteiger partial charge in [-0.25, -0.2) is 4.39 Å². The van der Waals surface area contributed by atoms with Gasteiger partial charge in [0.15, 0.2) is 5.78 Å². The summed E-state index contributed by atoms with van der Waals surface area (Å²) in [5.41, 5.74) is 1.68. The molecule has 0 heterocycles. The molecule has 0 unspecified atom stereocenters. The van der Waals surface area contributed by atoms with E-state index in [2.05, 4.69) is 0 Å². The van der Waals surface area contributed by atoms with Crippen molar-refractivity contribution in [2.75, 3.05) is 0 Å². The first-order valence-electron chi connectivity index (χ1n) is 5.29. The molecule has 0 amide bonds. The Kier molecular flexibility index (Phi) is 3.04. The van der Waals surface area contributed by atoms with Crippen LogP contribution in [0.5, 0.6) is 0 Å². The van der Waals surface area contributed by atoms with E-state index in [-0.39, 0.29) is 23.6 Å². The van der Waals surface area contributed by atoms with Gasteiger partial charge in [-0.2, -0.15) is 0 Å². The fourth-order valence-corrected chi connectivity index (χ4v) is 2.03. The van der Waals surface area contributed by atoms with E-state index in [4.69, 9.17) is 0 Å². The van der Waals surface area contributed by atoms with Gasteiger partial charge in [0.05, 0.1) is 0 Å². The monoisotopic (exact) mass is 233 g/mol. The summed E-state index contributed by atoms with van der Waals surface area (Å²) < 4.78 is 12.8. The zero-order valence-electron chi connectivity index (χ0n) is 9.03. The zero-order valence-corrected chi connectivity index (χ0v) is 9.03. The van der Waals surface area contributed by atoms with Crippen LogP contribution in [0, 0.1) is 5.82 Å². The molecule has 0 fully saturated rings. The van der Waals surface area contributed by atoms with Crippen LogP contribution in [0.25, 0.3) is 5.57 Å². The minimum atomic E-state index is -1.27. The number of aliphatic carboxylic acids is 1. The lowest BCUT2D eigenvalue weighted by atomic mass is 10.0. The molecule has 0 N–H and O–H groups in total. The number of Topliss-reactive ketones (excluding diaryl/α,β-unsaturated/α-hetero) is 1. The van der Waals surface area contributed by atoms with Gasteiger partial charge in [0, 0.05) is 24.4 Å². The Morgan fingerprint density at radius 2 is 1.88 bits per heavy atom. The molecule has 0 aromatic heterocycles. The van der Waals surface area contributed by atoms with Crippen molar-refractivity contribution in [1.29, 1.82) is 0 Å². The second-order valence-corrected chi connectivity index (χ2v) is 3.94. The van der Waals surface area contributed by atoms with Crippen molar-refractivity contribution in [2.45, 2.75) is 19.3 Å². The average molecular weight is 233 g/mol. The van der Waals surface area contributed by atoms with Gasteiger partial charge in [0.1, 0.15) is 5.82 Å². The van der Waals surface area contributed by atoms with Gasteiger partial charge in [-0.05, 0) is 29.7 Å². The van der Waals surface area contributed by atoms with Gasteiger partial charge in [-0.15, -0.1) is 0 Å². The van der Waals surface area contributed by atoms with Gasteiger partial charge in [-0.1, -0.05) is 12.1 Å². The number of hydrogen-bond acceptors (Lipinski definition) is 3. The molecule has 17 heavy (non-hydrogen) atoms. The number of carbonyl (C=O) groups excluding carboxylic acids is 2. The second-order valence-electron chi connectivity index (χ2n) is 3.94. The molecule has 0 saturated carbocycles. The van der Waals surface area contributed by atoms with Crippen LogP contribution in [0.4, 0.5) is 4.39 Å². The molecule has 0 aliphatic heterocycles. The quantitative estimate of drug-likeness (QED) is 0.785. The number of ketones is 1. The summed E-state index contributed by atoms with van der Waals surface area (Å²) in [5.74, 6) is -1.79. The molecule has 2 rings (SSSR count).